The van der Waals surface area contributed by atoms with Crippen molar-refractivity contribution in [3.8, 4) is 5.75 Å². The number of allylic oxidation sites excluding steroid dienone is 7. The van der Waals surface area contributed by atoms with Crippen molar-refractivity contribution in [3.05, 3.63) is 178 Å². The number of amides is 5. The minimum absolute atomic E-state index is 0.0630. The lowest BCUT2D eigenvalue weighted by Gasteiger charge is -2.37. The predicted molar refractivity (Wildman–Crippen MR) is 432 cm³/mol. The van der Waals surface area contributed by atoms with Crippen LogP contribution in [0.3, 0.4) is 0 Å². The van der Waals surface area contributed by atoms with E-state index in [1.165, 1.54) is 53.4 Å². The highest BCUT2D eigenvalue weighted by molar-refractivity contribution is 7.86. The van der Waals surface area contributed by atoms with Crippen LogP contribution >= 0.6 is 0 Å². The van der Waals surface area contributed by atoms with Crippen molar-refractivity contribution >= 4 is 116 Å². The van der Waals surface area contributed by atoms with Crippen LogP contribution in [0.5, 0.6) is 5.75 Å². The average molecular weight is 1660 g/mol. The zero-order valence-corrected chi connectivity index (χ0v) is 68.3. The molecule has 0 saturated heterocycles. The van der Waals surface area contributed by atoms with Crippen LogP contribution < -0.4 is 40.7 Å². The molecule has 0 unspecified atom stereocenters. The Bertz CT molecular complexity index is 5270. The highest BCUT2D eigenvalue weighted by Crippen LogP contribution is 2.50. The SMILES string of the molecule is CC(C)(C)C(=O)CN1C(=O)[C@@H](NC(=O)Nc2cccc(C(=O)N[C@H](CCC(=O)N[C@@H](Cc3ccc(OC4=C(C=CC5=[N+](CCCCS(=O)(=O)O)c6ccc(S(=O)(=O)O)cc6C5(C)C)CCCC4=CC=C4N(CCCCS(=O)(=O)O)c5ccc(S(=O)(=O)O)cc5C4(C)C)cc3)C(=O)O)C(=O)O)c2)CN(C2CCCCC2)c2ccccc21. The number of unbranched alkanes of at least 4 members (excludes halogenated alkanes) is 2. The second-order valence-electron chi connectivity index (χ2n) is 31.6. The summed E-state index contributed by atoms with van der Waals surface area (Å²) in [5.41, 5.74) is 3.88. The van der Waals surface area contributed by atoms with Gasteiger partial charge in [-0.25, -0.2) is 14.4 Å². The van der Waals surface area contributed by atoms with Crippen LogP contribution in [0, 0.1) is 5.41 Å². The molecule has 5 aromatic carbocycles. The first-order valence-corrected chi connectivity index (χ1v) is 44.1. The average Bonchev–Trinajstić information content (AvgIpc) is 1.59. The van der Waals surface area contributed by atoms with Gasteiger partial charge in [-0.1, -0.05) is 90.3 Å². The number of hydrogen-bond donors (Lipinski definition) is 10. The number of carboxylic acid groups (broad SMARTS) is 2. The summed E-state index contributed by atoms with van der Waals surface area (Å²) in [6, 6.07) is 22.6. The Hall–Kier alpha value is -9.94. The summed E-state index contributed by atoms with van der Waals surface area (Å²) in [4.78, 5) is 99.7. The lowest BCUT2D eigenvalue weighted by molar-refractivity contribution is -0.438. The monoisotopic (exact) mass is 1660 g/mol. The number of benzene rings is 5. The third-order valence-electron chi connectivity index (χ3n) is 21.5. The van der Waals surface area contributed by atoms with E-state index >= 15 is 0 Å². The largest absolute Gasteiger partial charge is 0.480 e. The molecule has 5 aromatic rings. The van der Waals surface area contributed by atoms with E-state index in [1.807, 2.05) is 73.6 Å². The van der Waals surface area contributed by atoms with Crippen LogP contribution in [0.4, 0.5) is 33.2 Å². The van der Waals surface area contributed by atoms with Gasteiger partial charge < -0.3 is 50.9 Å². The highest BCUT2D eigenvalue weighted by atomic mass is 32.2. The Morgan fingerprint density at radius 2 is 1.29 bits per heavy atom. The maximum atomic E-state index is 14.6. The van der Waals surface area contributed by atoms with E-state index in [1.54, 1.807) is 69.3 Å². The van der Waals surface area contributed by atoms with Crippen molar-refractivity contribution in [2.75, 3.05) is 57.7 Å². The van der Waals surface area contributed by atoms with Crippen LogP contribution in [-0.4, -0.2) is 176 Å². The molecule has 3 aliphatic heterocycles. The molecule has 3 heterocycles. The number of para-hydroxylation sites is 2. The summed E-state index contributed by atoms with van der Waals surface area (Å²) in [5, 5.41) is 31.1. The van der Waals surface area contributed by atoms with Crippen LogP contribution in [0.15, 0.2) is 166 Å². The number of carbonyl (C=O) groups is 7. The molecule has 0 bridgehead atoms. The summed E-state index contributed by atoms with van der Waals surface area (Å²) >= 11 is 0. The number of rotatable bonds is 32. The topological polar surface area (TPSA) is 448 Å². The van der Waals surface area contributed by atoms with Gasteiger partial charge in [0.25, 0.3) is 52.3 Å². The van der Waals surface area contributed by atoms with E-state index in [4.69, 9.17) is 4.74 Å². The number of fused-ring (bicyclic) bond motifs is 3. The second kappa shape index (κ2) is 35.7. The molecule has 0 radical (unpaired) electrons. The van der Waals surface area contributed by atoms with Crippen molar-refractivity contribution < 1.29 is 105 Å². The van der Waals surface area contributed by atoms with Crippen LogP contribution in [0.25, 0.3) is 0 Å². The van der Waals surface area contributed by atoms with Crippen molar-refractivity contribution in [3.63, 3.8) is 0 Å². The van der Waals surface area contributed by atoms with E-state index in [9.17, 15) is 95.7 Å². The summed E-state index contributed by atoms with van der Waals surface area (Å²) in [6.07, 6.45) is 12.9. The van der Waals surface area contributed by atoms with Gasteiger partial charge in [0.2, 0.25) is 11.6 Å². The minimum Gasteiger partial charge on any atom is -0.480 e. The molecule has 1 fully saturated rings. The molecule has 115 heavy (non-hydrogen) atoms. The summed E-state index contributed by atoms with van der Waals surface area (Å²) in [6.45, 7) is 13.0. The van der Waals surface area contributed by atoms with E-state index < -0.39 is 135 Å². The molecular formula is C81H99N8O22S4+. The maximum Gasteiger partial charge on any atom is 0.326 e. The first-order chi connectivity index (χ1) is 53.9. The second-order valence-corrected chi connectivity index (χ2v) is 37.6. The normalized spacial score (nSPS) is 18.5. The molecule has 34 heteroatoms. The van der Waals surface area contributed by atoms with E-state index in [0.29, 0.717) is 81.3 Å². The van der Waals surface area contributed by atoms with Gasteiger partial charge in [-0.2, -0.15) is 38.2 Å². The number of ether oxygens (including phenoxy) is 1. The highest BCUT2D eigenvalue weighted by Gasteiger charge is 2.46. The Kier molecular flexibility index (Phi) is 27.1. The molecule has 10 rings (SSSR count). The van der Waals surface area contributed by atoms with Gasteiger partial charge in [-0.3, -0.25) is 37.4 Å². The van der Waals surface area contributed by atoms with Crippen molar-refractivity contribution in [1.29, 1.82) is 0 Å². The van der Waals surface area contributed by atoms with Gasteiger partial charge in [-0.15, -0.1) is 0 Å². The van der Waals surface area contributed by atoms with Gasteiger partial charge >= 0.3 is 18.0 Å². The number of carbonyl (C=O) groups excluding carboxylic acids is 5. The molecule has 2 aliphatic carbocycles. The van der Waals surface area contributed by atoms with E-state index in [0.717, 1.165) is 37.8 Å². The summed E-state index contributed by atoms with van der Waals surface area (Å²) < 4.78 is 145. The first-order valence-electron chi connectivity index (χ1n) is 38.0. The number of carboxylic acids is 2. The van der Waals surface area contributed by atoms with Gasteiger partial charge in [0.15, 0.2) is 11.5 Å². The number of ketones is 1. The Morgan fingerprint density at radius 1 is 0.652 bits per heavy atom. The number of nitrogens with one attached hydrogen (secondary N) is 4. The number of nitrogens with zero attached hydrogens (tertiary/aromatic N) is 4. The van der Waals surface area contributed by atoms with Gasteiger partial charge in [-0.05, 0) is 179 Å². The van der Waals surface area contributed by atoms with Crippen molar-refractivity contribution in [2.45, 2.75) is 190 Å². The van der Waals surface area contributed by atoms with Crippen LogP contribution in [-0.2, 0) is 81.7 Å². The third kappa shape index (κ3) is 22.0. The molecule has 30 nitrogen and oxygen atoms in total. The number of aliphatic carboxylic acids is 2. The number of urea groups is 1. The third-order valence-corrected chi connectivity index (χ3v) is 24.8. The molecule has 10 N–H and O–H groups in total. The Balaban J connectivity index is 0.860. The Morgan fingerprint density at radius 3 is 1.92 bits per heavy atom. The fourth-order valence-corrected chi connectivity index (χ4v) is 17.4. The molecule has 0 aromatic heterocycles. The van der Waals surface area contributed by atoms with Crippen LogP contribution in [0.1, 0.15) is 165 Å². The van der Waals surface area contributed by atoms with Gasteiger partial charge in [0.1, 0.15) is 36.2 Å². The van der Waals surface area contributed by atoms with E-state index in [2.05, 4.69) is 26.2 Å². The van der Waals surface area contributed by atoms with Crippen LogP contribution in [0.2, 0.25) is 0 Å². The number of hydrogen-bond acceptors (Lipinski definition) is 18. The lowest BCUT2D eigenvalue weighted by Crippen LogP contribution is -2.55. The smallest absolute Gasteiger partial charge is 0.326 e. The molecule has 618 valence electrons. The van der Waals surface area contributed by atoms with Crippen molar-refractivity contribution in [2.24, 2.45) is 5.41 Å². The van der Waals surface area contributed by atoms with E-state index in [-0.39, 0.29) is 96.9 Å². The van der Waals surface area contributed by atoms with Gasteiger partial charge in [0, 0.05) is 89.6 Å². The fraction of sp³-hybridized carbons (Fsp3) is 0.432. The predicted octanol–water partition coefficient (Wildman–Crippen LogP) is 10.6. The zero-order chi connectivity index (χ0) is 83.9. The maximum absolute atomic E-state index is 14.6. The fourth-order valence-electron chi connectivity index (χ4n) is 15.3. The molecule has 1 saturated carbocycles. The summed E-state index contributed by atoms with van der Waals surface area (Å²) in [5.74, 6) is -5.76. The zero-order valence-electron chi connectivity index (χ0n) is 65.0. The lowest BCUT2D eigenvalue weighted by atomic mass is 9.81. The quantitative estimate of drug-likeness (QED) is 0.0109. The minimum atomic E-state index is -4.66. The van der Waals surface area contributed by atoms with Crippen molar-refractivity contribution in [1.82, 2.24) is 16.0 Å². The molecule has 5 amide bonds. The summed E-state index contributed by atoms with van der Waals surface area (Å²) in [7, 11) is -17.9. The van der Waals surface area contributed by atoms with Gasteiger partial charge in [0.05, 0.1) is 44.6 Å². The first kappa shape index (κ1) is 87.4. The number of anilines is 4. The standard InChI is InChI=1S/C81H98N8O22S4/c1-79(2,3)71(90)50-89-68-26-12-11-25-67(68)88(56-23-9-8-10-24-56)49-64(75(89)93)85-78(98)82-55-22-18-21-54(46-55)74(92)84-62(76(94)95)35-40-72(91)83-63(77(96)97)45-51-27-31-57(32-28-51)111-73-52(29-38-69-80(4,5)60-47-58(114(105,106)107)33-36-65(60)86(69)41-13-15-43-112(99,100)101)19-17-20-53(73)30-39-70-81(6,7)61-48-59(115(108,109)110)34-37-66(61)87(70)42-14-16-44-113(102,103)104/h11-12,18,21-22,25-34,36-39,46-48,56,62-64H,8-10,13-17,19-20,23-24,35,40-45,49-50H2,1-7H3,(H9-,82,83,84,85,91,92,94,95,96,97,98,99,100,101,102,103,104,105,106,107,108,109,110)/p+1/t62-,63+,64+/m1/s1. The Labute approximate surface area is 669 Å². The molecular weight excluding hydrogens is 1570 g/mol. The molecule has 0 spiro atoms. The molecule has 3 atom stereocenters. The molecule has 5 aliphatic rings. The number of Topliss-reactive ketones (excluding diaryl/α,β-unsaturated/α-hetero) is 1.